The lowest BCUT2D eigenvalue weighted by molar-refractivity contribution is 0.0278. The molecule has 134 valence electrons. The van der Waals surface area contributed by atoms with Gasteiger partial charge in [0.25, 0.3) is 0 Å². The van der Waals surface area contributed by atoms with E-state index in [4.69, 9.17) is 4.74 Å². The first-order valence-corrected chi connectivity index (χ1v) is 7.81. The number of halogens is 1. The molecule has 0 aromatic heterocycles. The van der Waals surface area contributed by atoms with Crippen molar-refractivity contribution in [3.8, 4) is 0 Å². The van der Waals surface area contributed by atoms with Gasteiger partial charge in [-0.1, -0.05) is 6.92 Å². The summed E-state index contributed by atoms with van der Waals surface area (Å²) < 4.78 is 18.1. The second-order valence-electron chi connectivity index (χ2n) is 6.81. The van der Waals surface area contributed by atoms with Crippen molar-refractivity contribution in [2.45, 2.75) is 33.3 Å². The van der Waals surface area contributed by atoms with Gasteiger partial charge in [-0.05, 0) is 51.0 Å². The summed E-state index contributed by atoms with van der Waals surface area (Å²) in [6, 6.07) is 5.12. The van der Waals surface area contributed by atoms with Gasteiger partial charge in [0.2, 0.25) is 0 Å². The Morgan fingerprint density at radius 3 is 2.38 bits per heavy atom. The Bertz CT molecular complexity index is 555. The number of anilines is 1. The van der Waals surface area contributed by atoms with Gasteiger partial charge in [0.05, 0.1) is 0 Å². The van der Waals surface area contributed by atoms with E-state index in [9.17, 15) is 14.0 Å². The van der Waals surface area contributed by atoms with Crippen LogP contribution in [0.4, 0.5) is 19.7 Å². The zero-order valence-corrected chi connectivity index (χ0v) is 14.9. The lowest BCUT2D eigenvalue weighted by Gasteiger charge is -2.26. The molecule has 0 aliphatic rings. The summed E-state index contributed by atoms with van der Waals surface area (Å²) in [6.07, 6.45) is -0.398. The van der Waals surface area contributed by atoms with E-state index in [2.05, 4.69) is 10.6 Å². The minimum atomic E-state index is -0.540. The van der Waals surface area contributed by atoms with E-state index in [-0.39, 0.29) is 17.8 Å². The molecule has 3 amide bonds. The summed E-state index contributed by atoms with van der Waals surface area (Å²) >= 11 is 0. The molecule has 0 saturated carbocycles. The fourth-order valence-electron chi connectivity index (χ4n) is 1.92. The van der Waals surface area contributed by atoms with Crippen molar-refractivity contribution < 1.29 is 18.7 Å². The van der Waals surface area contributed by atoms with Gasteiger partial charge in [-0.3, -0.25) is 0 Å². The van der Waals surface area contributed by atoms with Crippen LogP contribution in [0.25, 0.3) is 0 Å². The van der Waals surface area contributed by atoms with Crippen molar-refractivity contribution in [1.29, 1.82) is 0 Å². The molecule has 0 aliphatic carbocycles. The number of nitrogens with zero attached hydrogens (tertiary/aromatic N) is 1. The third kappa shape index (κ3) is 7.80. The summed E-state index contributed by atoms with van der Waals surface area (Å²) in [6.45, 7) is 8.18. The molecule has 1 rings (SSSR count). The molecule has 0 radical (unpaired) electrons. The van der Waals surface area contributed by atoms with Crippen LogP contribution in [0.15, 0.2) is 24.3 Å². The maximum absolute atomic E-state index is 12.8. The molecular formula is C17H26FN3O3. The second kappa shape index (κ2) is 8.52. The molecule has 0 spiro atoms. The first kappa shape index (κ1) is 19.7. The van der Waals surface area contributed by atoms with Crippen LogP contribution in [0, 0.1) is 11.7 Å². The van der Waals surface area contributed by atoms with E-state index < -0.39 is 11.7 Å². The molecule has 0 fully saturated rings. The van der Waals surface area contributed by atoms with Crippen molar-refractivity contribution in [1.82, 2.24) is 10.2 Å². The van der Waals surface area contributed by atoms with Gasteiger partial charge in [0.1, 0.15) is 11.4 Å². The van der Waals surface area contributed by atoms with Gasteiger partial charge in [0.15, 0.2) is 0 Å². The van der Waals surface area contributed by atoms with Crippen molar-refractivity contribution in [3.63, 3.8) is 0 Å². The van der Waals surface area contributed by atoms with Gasteiger partial charge >= 0.3 is 12.1 Å². The molecule has 2 N–H and O–H groups in total. The van der Waals surface area contributed by atoms with Crippen LogP contribution in [-0.2, 0) is 4.74 Å². The zero-order valence-electron chi connectivity index (χ0n) is 14.9. The monoisotopic (exact) mass is 339 g/mol. The highest BCUT2D eigenvalue weighted by atomic mass is 19.1. The Kier molecular flexibility index (Phi) is 7.00. The Balaban J connectivity index is 2.34. The molecule has 1 aromatic rings. The molecular weight excluding hydrogens is 313 g/mol. The molecule has 7 heteroatoms. The standard InChI is InChI=1S/C17H26FN3O3/c1-12(11-21(5)16(23)24-17(2,3)4)10-19-15(22)20-14-8-6-13(18)7-9-14/h6-9,12H,10-11H2,1-5H3,(H2,19,20,22). The van der Waals surface area contributed by atoms with Crippen molar-refractivity contribution in [3.05, 3.63) is 30.1 Å². The summed E-state index contributed by atoms with van der Waals surface area (Å²) in [5, 5.41) is 5.33. The summed E-state index contributed by atoms with van der Waals surface area (Å²) in [4.78, 5) is 25.1. The van der Waals surface area contributed by atoms with Crippen LogP contribution in [0.2, 0.25) is 0 Å². The molecule has 1 atom stereocenters. The van der Waals surface area contributed by atoms with Crippen LogP contribution in [-0.4, -0.2) is 42.8 Å². The van der Waals surface area contributed by atoms with E-state index in [1.54, 1.807) is 7.05 Å². The van der Waals surface area contributed by atoms with Crippen LogP contribution in [0.3, 0.4) is 0 Å². The molecule has 1 unspecified atom stereocenters. The van der Waals surface area contributed by atoms with E-state index in [1.165, 1.54) is 29.2 Å². The minimum Gasteiger partial charge on any atom is -0.444 e. The smallest absolute Gasteiger partial charge is 0.410 e. The lowest BCUT2D eigenvalue weighted by Crippen LogP contribution is -2.40. The third-order valence-electron chi connectivity index (χ3n) is 3.00. The molecule has 24 heavy (non-hydrogen) atoms. The molecule has 0 saturated heterocycles. The highest BCUT2D eigenvalue weighted by Gasteiger charge is 2.20. The van der Waals surface area contributed by atoms with Crippen LogP contribution >= 0.6 is 0 Å². The largest absolute Gasteiger partial charge is 0.444 e. The number of nitrogens with one attached hydrogen (secondary N) is 2. The summed E-state index contributed by atoms with van der Waals surface area (Å²) in [7, 11) is 1.66. The number of hydrogen-bond acceptors (Lipinski definition) is 3. The second-order valence-corrected chi connectivity index (χ2v) is 6.81. The Morgan fingerprint density at radius 1 is 1.25 bits per heavy atom. The van der Waals surface area contributed by atoms with Crippen LogP contribution < -0.4 is 10.6 Å². The SMILES string of the molecule is CC(CNC(=O)Nc1ccc(F)cc1)CN(C)C(=O)OC(C)(C)C. The Hall–Kier alpha value is -2.31. The first-order valence-electron chi connectivity index (χ1n) is 7.81. The Morgan fingerprint density at radius 2 is 1.83 bits per heavy atom. The number of amides is 3. The average molecular weight is 339 g/mol. The molecule has 1 aromatic carbocycles. The van der Waals surface area contributed by atoms with Crippen molar-refractivity contribution in [2.24, 2.45) is 5.92 Å². The number of carbonyl (C=O) groups excluding carboxylic acids is 2. The molecule has 6 nitrogen and oxygen atoms in total. The number of ether oxygens (including phenoxy) is 1. The fraction of sp³-hybridized carbons (Fsp3) is 0.529. The average Bonchev–Trinajstić information content (AvgIpc) is 2.46. The lowest BCUT2D eigenvalue weighted by atomic mass is 10.1. The summed E-state index contributed by atoms with van der Waals surface area (Å²) in [5.74, 6) is -0.318. The number of rotatable bonds is 5. The third-order valence-corrected chi connectivity index (χ3v) is 3.00. The van der Waals surface area contributed by atoms with E-state index in [0.29, 0.717) is 18.8 Å². The zero-order chi connectivity index (χ0) is 18.3. The first-order chi connectivity index (χ1) is 11.1. The topological polar surface area (TPSA) is 70.7 Å². The van der Waals surface area contributed by atoms with Gasteiger partial charge in [-0.25, -0.2) is 14.0 Å². The predicted octanol–water partition coefficient (Wildman–Crippen LogP) is 3.45. The highest BCUT2D eigenvalue weighted by molar-refractivity contribution is 5.89. The van der Waals surface area contributed by atoms with Gasteiger partial charge < -0.3 is 20.3 Å². The quantitative estimate of drug-likeness (QED) is 0.863. The normalized spacial score (nSPS) is 12.2. The van der Waals surface area contributed by atoms with Gasteiger partial charge in [-0.15, -0.1) is 0 Å². The van der Waals surface area contributed by atoms with Crippen LogP contribution in [0.1, 0.15) is 27.7 Å². The highest BCUT2D eigenvalue weighted by Crippen LogP contribution is 2.10. The van der Waals surface area contributed by atoms with Crippen LogP contribution in [0.5, 0.6) is 0 Å². The van der Waals surface area contributed by atoms with Gasteiger partial charge in [0, 0.05) is 25.8 Å². The van der Waals surface area contributed by atoms with E-state index in [0.717, 1.165) is 0 Å². The fourth-order valence-corrected chi connectivity index (χ4v) is 1.92. The minimum absolute atomic E-state index is 0.0430. The molecule has 0 bridgehead atoms. The number of hydrogen-bond donors (Lipinski definition) is 2. The Labute approximate surface area is 142 Å². The molecule has 0 aliphatic heterocycles. The number of carbonyl (C=O) groups is 2. The molecule has 0 heterocycles. The predicted molar refractivity (Wildman–Crippen MR) is 91.4 cm³/mol. The van der Waals surface area contributed by atoms with Gasteiger partial charge in [-0.2, -0.15) is 0 Å². The van der Waals surface area contributed by atoms with Crippen molar-refractivity contribution >= 4 is 17.8 Å². The van der Waals surface area contributed by atoms with E-state index >= 15 is 0 Å². The maximum Gasteiger partial charge on any atom is 0.410 e. The van der Waals surface area contributed by atoms with Crippen molar-refractivity contribution in [2.75, 3.05) is 25.5 Å². The number of urea groups is 1. The number of benzene rings is 1. The maximum atomic E-state index is 12.8. The summed E-state index contributed by atoms with van der Waals surface area (Å²) in [5.41, 5.74) is -0.0329. The van der Waals surface area contributed by atoms with E-state index in [1.807, 2.05) is 27.7 Å².